The fourth-order valence-electron chi connectivity index (χ4n) is 2.84. The fourth-order valence-corrected chi connectivity index (χ4v) is 4.49. The molecule has 0 atom stereocenters. The molecule has 0 spiro atoms. The SMILES string of the molecule is COC(=O)/C(=C(/O)CSc1nnc(Nc2ccc(OC)cc2)s1)c1nc2ccccc2[nH]1. The first-order valence-corrected chi connectivity index (χ1v) is 11.2. The molecule has 11 heteroatoms. The summed E-state index contributed by atoms with van der Waals surface area (Å²) in [5.74, 6) is 0.257. The van der Waals surface area contributed by atoms with E-state index in [2.05, 4.69) is 25.5 Å². The van der Waals surface area contributed by atoms with Gasteiger partial charge in [-0.15, -0.1) is 10.2 Å². The number of hydrogen-bond donors (Lipinski definition) is 3. The van der Waals surface area contributed by atoms with Gasteiger partial charge in [0.05, 0.1) is 31.0 Å². The number of carbonyl (C=O) groups is 1. The molecule has 2 heterocycles. The quantitative estimate of drug-likeness (QED) is 0.149. The molecular weight excluding hydrogens is 450 g/mol. The maximum absolute atomic E-state index is 12.3. The van der Waals surface area contributed by atoms with Gasteiger partial charge >= 0.3 is 5.97 Å². The maximum Gasteiger partial charge on any atom is 0.345 e. The van der Waals surface area contributed by atoms with Crippen LogP contribution in [0.1, 0.15) is 5.82 Å². The van der Waals surface area contributed by atoms with Gasteiger partial charge in [0.2, 0.25) is 5.13 Å². The molecular formula is C21H19N5O4S2. The summed E-state index contributed by atoms with van der Waals surface area (Å²) in [6.07, 6.45) is 0. The molecule has 4 rings (SSSR count). The number of aliphatic hydroxyl groups excluding tert-OH is 1. The van der Waals surface area contributed by atoms with Crippen LogP contribution in [0, 0.1) is 0 Å². The summed E-state index contributed by atoms with van der Waals surface area (Å²) in [4.78, 5) is 19.8. The molecule has 0 aliphatic rings. The Morgan fingerprint density at radius 3 is 2.66 bits per heavy atom. The summed E-state index contributed by atoms with van der Waals surface area (Å²) in [7, 11) is 2.87. The number of imidazole rings is 1. The minimum Gasteiger partial charge on any atom is -0.510 e. The largest absolute Gasteiger partial charge is 0.510 e. The number of benzene rings is 2. The van der Waals surface area contributed by atoms with Crippen LogP contribution in [0.15, 0.2) is 58.6 Å². The predicted molar refractivity (Wildman–Crippen MR) is 125 cm³/mol. The molecule has 164 valence electrons. The lowest BCUT2D eigenvalue weighted by Crippen LogP contribution is -2.09. The molecule has 4 aromatic rings. The van der Waals surface area contributed by atoms with Crippen molar-refractivity contribution in [2.75, 3.05) is 25.3 Å². The van der Waals surface area contributed by atoms with Crippen LogP contribution in [0.25, 0.3) is 16.6 Å². The number of para-hydroxylation sites is 2. The van der Waals surface area contributed by atoms with Gasteiger partial charge in [0, 0.05) is 5.69 Å². The lowest BCUT2D eigenvalue weighted by Gasteiger charge is -2.06. The van der Waals surface area contributed by atoms with Gasteiger partial charge in [-0.05, 0) is 36.4 Å². The minimum absolute atomic E-state index is 0.0164. The van der Waals surface area contributed by atoms with Crippen molar-refractivity contribution in [3.05, 3.63) is 60.1 Å². The lowest BCUT2D eigenvalue weighted by atomic mass is 10.2. The van der Waals surface area contributed by atoms with Gasteiger partial charge in [0.1, 0.15) is 22.9 Å². The highest BCUT2D eigenvalue weighted by Gasteiger charge is 2.22. The molecule has 2 aromatic heterocycles. The summed E-state index contributed by atoms with van der Waals surface area (Å²) in [5.41, 5.74) is 2.27. The first kappa shape index (κ1) is 21.7. The Labute approximate surface area is 191 Å². The maximum atomic E-state index is 12.3. The predicted octanol–water partition coefficient (Wildman–Crippen LogP) is 4.40. The van der Waals surface area contributed by atoms with Gasteiger partial charge in [0.15, 0.2) is 4.34 Å². The number of aromatic amines is 1. The van der Waals surface area contributed by atoms with Gasteiger partial charge in [-0.1, -0.05) is 35.2 Å². The van der Waals surface area contributed by atoms with Crippen LogP contribution in [0.3, 0.4) is 0 Å². The van der Waals surface area contributed by atoms with E-state index in [1.54, 1.807) is 7.11 Å². The molecule has 0 saturated carbocycles. The van der Waals surface area contributed by atoms with Crippen molar-refractivity contribution < 1.29 is 19.4 Å². The Balaban J connectivity index is 1.48. The third kappa shape index (κ3) is 4.84. The van der Waals surface area contributed by atoms with Crippen LogP contribution < -0.4 is 10.1 Å². The molecule has 2 aromatic carbocycles. The lowest BCUT2D eigenvalue weighted by molar-refractivity contribution is -0.133. The van der Waals surface area contributed by atoms with E-state index in [9.17, 15) is 9.90 Å². The number of H-pyrrole nitrogens is 1. The Morgan fingerprint density at radius 1 is 1.16 bits per heavy atom. The topological polar surface area (TPSA) is 122 Å². The molecule has 0 aliphatic carbocycles. The fraction of sp³-hybridized carbons (Fsp3) is 0.143. The zero-order chi connectivity index (χ0) is 22.5. The second kappa shape index (κ2) is 9.71. The van der Waals surface area contributed by atoms with Crippen LogP contribution >= 0.6 is 23.1 Å². The van der Waals surface area contributed by atoms with Gasteiger partial charge in [-0.2, -0.15) is 0 Å². The number of carbonyl (C=O) groups excluding carboxylic acids is 1. The third-order valence-corrected chi connectivity index (χ3v) is 6.37. The summed E-state index contributed by atoms with van der Waals surface area (Å²) < 4.78 is 10.6. The van der Waals surface area contributed by atoms with Gasteiger partial charge in [-0.3, -0.25) is 0 Å². The average Bonchev–Trinajstić information content (AvgIpc) is 3.44. The number of ether oxygens (including phenoxy) is 2. The van der Waals surface area contributed by atoms with E-state index in [0.717, 1.165) is 17.0 Å². The van der Waals surface area contributed by atoms with Crippen molar-refractivity contribution in [1.29, 1.82) is 0 Å². The zero-order valence-corrected chi connectivity index (χ0v) is 18.8. The summed E-state index contributed by atoms with van der Waals surface area (Å²) in [6, 6.07) is 14.8. The Kier molecular flexibility index (Phi) is 6.57. The third-order valence-electron chi connectivity index (χ3n) is 4.38. The van der Waals surface area contributed by atoms with Crippen LogP contribution in [-0.4, -0.2) is 51.2 Å². The number of fused-ring (bicyclic) bond motifs is 1. The van der Waals surface area contributed by atoms with Crippen LogP contribution in [0.4, 0.5) is 10.8 Å². The zero-order valence-electron chi connectivity index (χ0n) is 17.2. The molecule has 0 fully saturated rings. The van der Waals surface area contributed by atoms with Crippen molar-refractivity contribution in [2.24, 2.45) is 0 Å². The smallest absolute Gasteiger partial charge is 0.345 e. The van der Waals surface area contributed by atoms with E-state index >= 15 is 0 Å². The van der Waals surface area contributed by atoms with Gasteiger partial charge in [-0.25, -0.2) is 9.78 Å². The standard InChI is InChI=1S/C21H19N5O4S2/c1-29-13-9-7-12(8-10-13)22-20-25-26-21(32-20)31-11-16(27)17(19(28)30-2)18-23-14-5-3-4-6-15(14)24-18/h3-10,27H,11H2,1-2H3,(H,22,25)(H,23,24)/b17-16+. The molecule has 0 unspecified atom stereocenters. The van der Waals surface area contributed by atoms with Crippen LogP contribution in [-0.2, 0) is 9.53 Å². The monoisotopic (exact) mass is 469 g/mol. The molecule has 3 N–H and O–H groups in total. The summed E-state index contributed by atoms with van der Waals surface area (Å²) in [6.45, 7) is 0. The number of nitrogens with zero attached hydrogens (tertiary/aromatic N) is 3. The van der Waals surface area contributed by atoms with E-state index in [-0.39, 0.29) is 22.9 Å². The molecule has 0 amide bonds. The second-order valence-electron chi connectivity index (χ2n) is 6.43. The van der Waals surface area contributed by atoms with Crippen LogP contribution in [0.2, 0.25) is 0 Å². The normalized spacial score (nSPS) is 11.8. The highest BCUT2D eigenvalue weighted by Crippen LogP contribution is 2.30. The number of anilines is 2. The number of aliphatic hydroxyl groups is 1. The number of aromatic nitrogens is 4. The molecule has 0 radical (unpaired) electrons. The number of hydrogen-bond acceptors (Lipinski definition) is 10. The molecule has 0 bridgehead atoms. The van der Waals surface area contributed by atoms with E-state index in [0.29, 0.717) is 15.0 Å². The number of rotatable bonds is 8. The van der Waals surface area contributed by atoms with E-state index in [1.807, 2.05) is 48.5 Å². The summed E-state index contributed by atoms with van der Waals surface area (Å²) in [5, 5.41) is 22.7. The number of nitrogens with one attached hydrogen (secondary N) is 2. The van der Waals surface area contributed by atoms with Gasteiger partial charge < -0.3 is 24.9 Å². The molecule has 9 nitrogen and oxygen atoms in total. The second-order valence-corrected chi connectivity index (χ2v) is 8.63. The first-order valence-electron chi connectivity index (χ1n) is 9.40. The van der Waals surface area contributed by atoms with Gasteiger partial charge in [0.25, 0.3) is 0 Å². The average molecular weight is 470 g/mol. The highest BCUT2D eigenvalue weighted by atomic mass is 32.2. The molecule has 32 heavy (non-hydrogen) atoms. The van der Waals surface area contributed by atoms with E-state index < -0.39 is 5.97 Å². The van der Waals surface area contributed by atoms with Crippen molar-refractivity contribution in [2.45, 2.75) is 4.34 Å². The molecule has 0 aliphatic heterocycles. The minimum atomic E-state index is -0.679. The molecule has 0 saturated heterocycles. The Hall–Kier alpha value is -3.57. The van der Waals surface area contributed by atoms with E-state index in [4.69, 9.17) is 9.47 Å². The van der Waals surface area contributed by atoms with Crippen molar-refractivity contribution in [3.63, 3.8) is 0 Å². The van der Waals surface area contributed by atoms with E-state index in [1.165, 1.54) is 30.2 Å². The Morgan fingerprint density at radius 2 is 1.94 bits per heavy atom. The number of methoxy groups -OCH3 is 2. The summed E-state index contributed by atoms with van der Waals surface area (Å²) >= 11 is 2.58. The Bertz CT molecular complexity index is 1230. The van der Waals surface area contributed by atoms with Crippen LogP contribution in [0.5, 0.6) is 5.75 Å². The number of esters is 1. The first-order chi connectivity index (χ1) is 15.6. The number of thioether (sulfide) groups is 1. The van der Waals surface area contributed by atoms with Crippen molar-refractivity contribution in [3.8, 4) is 5.75 Å². The highest BCUT2D eigenvalue weighted by molar-refractivity contribution is 8.01. The van der Waals surface area contributed by atoms with Crippen molar-refractivity contribution in [1.82, 2.24) is 20.2 Å². The van der Waals surface area contributed by atoms with Crippen molar-refractivity contribution >= 4 is 56.5 Å².